The van der Waals surface area contributed by atoms with E-state index in [4.69, 9.17) is 0 Å². The van der Waals surface area contributed by atoms with Crippen LogP contribution < -0.4 is 20.3 Å². The topological polar surface area (TPSA) is 139 Å². The maximum atomic E-state index is 13.1. The number of amidine groups is 1. The molecule has 1 saturated heterocycles. The Bertz CT molecular complexity index is 1190. The van der Waals surface area contributed by atoms with Crippen molar-refractivity contribution in [3.8, 4) is 0 Å². The van der Waals surface area contributed by atoms with Crippen LogP contribution in [-0.4, -0.2) is 69.2 Å². The van der Waals surface area contributed by atoms with Crippen molar-refractivity contribution in [3.63, 3.8) is 0 Å². The summed E-state index contributed by atoms with van der Waals surface area (Å²) in [6.07, 6.45) is 8.59. The van der Waals surface area contributed by atoms with E-state index in [1.165, 1.54) is 6.07 Å². The Labute approximate surface area is 225 Å². The fourth-order valence-electron chi connectivity index (χ4n) is 4.58. The van der Waals surface area contributed by atoms with Crippen molar-refractivity contribution in [1.29, 1.82) is 0 Å². The summed E-state index contributed by atoms with van der Waals surface area (Å²) in [5.74, 6) is 0.174. The molecule has 1 radical (unpaired) electrons. The van der Waals surface area contributed by atoms with Crippen LogP contribution in [0.15, 0.2) is 30.5 Å². The molecule has 0 spiro atoms. The summed E-state index contributed by atoms with van der Waals surface area (Å²) in [5.41, 5.74) is 1.53. The van der Waals surface area contributed by atoms with Crippen LogP contribution >= 0.6 is 0 Å². The van der Waals surface area contributed by atoms with E-state index in [0.29, 0.717) is 36.4 Å². The lowest BCUT2D eigenvalue weighted by molar-refractivity contribution is -0.126. The molecule has 1 fully saturated rings. The molecule has 0 aliphatic carbocycles. The van der Waals surface area contributed by atoms with Crippen molar-refractivity contribution < 1.29 is 22.8 Å². The van der Waals surface area contributed by atoms with Gasteiger partial charge < -0.3 is 10.2 Å². The number of rotatable bonds is 13. The molecule has 0 unspecified atom stereocenters. The number of carbonyl (C=O) groups excluding carboxylic acids is 3. The number of hydrogen-bond donors (Lipinski definition) is 3. The summed E-state index contributed by atoms with van der Waals surface area (Å²) in [7, 11) is -1.62. The number of benzene rings is 1. The molecule has 207 valence electrons. The van der Waals surface area contributed by atoms with E-state index in [2.05, 4.69) is 27.6 Å². The summed E-state index contributed by atoms with van der Waals surface area (Å²) in [4.78, 5) is 43.8. The minimum atomic E-state index is -3.68. The average molecular weight is 546 g/mol. The van der Waals surface area contributed by atoms with E-state index in [1.54, 1.807) is 24.4 Å². The van der Waals surface area contributed by atoms with Crippen LogP contribution in [0.2, 0.25) is 0 Å². The molecule has 1 atom stereocenters. The Morgan fingerprint density at radius 3 is 2.58 bits per heavy atom. The number of sulfonamides is 1. The third-order valence-corrected chi connectivity index (χ3v) is 7.44. The first kappa shape index (κ1) is 29.5. The largest absolute Gasteiger partial charge is 0.342 e. The van der Waals surface area contributed by atoms with E-state index >= 15 is 0 Å². The van der Waals surface area contributed by atoms with Gasteiger partial charge in [-0.05, 0) is 62.9 Å². The number of likely N-dealkylation sites (tertiary alicyclic amines) is 1. The number of unbranched alkanes of at least 4 members (excludes halogenated alkanes) is 2. The molecule has 38 heavy (non-hydrogen) atoms. The monoisotopic (exact) mass is 545 g/mol. The van der Waals surface area contributed by atoms with Crippen LogP contribution in [0, 0.1) is 5.92 Å². The Hall–Kier alpha value is -3.05. The van der Waals surface area contributed by atoms with Crippen LogP contribution in [0.5, 0.6) is 0 Å². The van der Waals surface area contributed by atoms with Gasteiger partial charge in [0.1, 0.15) is 11.8 Å². The zero-order valence-electron chi connectivity index (χ0n) is 22.5. The van der Waals surface area contributed by atoms with Gasteiger partial charge in [-0.1, -0.05) is 31.9 Å². The summed E-state index contributed by atoms with van der Waals surface area (Å²) < 4.78 is 24.9. The number of hydrogen-bond acceptors (Lipinski definition) is 8. The normalized spacial score (nSPS) is 17.2. The third-order valence-electron chi connectivity index (χ3n) is 6.89. The minimum absolute atomic E-state index is 0.0293. The second kappa shape index (κ2) is 13.7. The van der Waals surface area contributed by atoms with Gasteiger partial charge in [0, 0.05) is 29.9 Å². The molecule has 0 saturated carbocycles. The maximum Gasteiger partial charge on any atom is 0.319 e. The second-order valence-electron chi connectivity index (χ2n) is 10.1. The van der Waals surface area contributed by atoms with Crippen LogP contribution in [0.25, 0.3) is 5.70 Å². The third kappa shape index (κ3) is 9.05. The highest BCUT2D eigenvalue weighted by Crippen LogP contribution is 2.19. The fourth-order valence-corrected chi connectivity index (χ4v) is 5.03. The Morgan fingerprint density at radius 1 is 1.16 bits per heavy atom. The van der Waals surface area contributed by atoms with Crippen molar-refractivity contribution >= 4 is 39.2 Å². The first-order chi connectivity index (χ1) is 18.1. The summed E-state index contributed by atoms with van der Waals surface area (Å²) >= 11 is 0. The van der Waals surface area contributed by atoms with E-state index in [9.17, 15) is 22.8 Å². The molecule has 0 aromatic heterocycles. The maximum absolute atomic E-state index is 13.1. The van der Waals surface area contributed by atoms with Crippen molar-refractivity contribution in [1.82, 2.24) is 25.2 Å². The van der Waals surface area contributed by atoms with Gasteiger partial charge in [0.25, 0.3) is 5.91 Å². The van der Waals surface area contributed by atoms with Gasteiger partial charge in [0.05, 0.1) is 6.26 Å². The van der Waals surface area contributed by atoms with Crippen molar-refractivity contribution in [2.24, 2.45) is 5.92 Å². The smallest absolute Gasteiger partial charge is 0.319 e. The SMILES string of the molecule is CCC(=O)CCCCC[C@H](NC(=O)C1CCN(C)CC1)C1=[N+]C=C(c2cccc(C(=O)NS(C)(=O)=O)c2)N1. The number of aliphatic imine (C=N–C) groups is 1. The molecule has 1 aromatic rings. The van der Waals surface area contributed by atoms with E-state index in [1.807, 2.05) is 11.6 Å². The standard InChI is InChI=1S/C27H39N5O5S/c1-4-22(33)11-6-5-7-12-23(30-26(34)19-13-15-32(2)16-14-19)25-28-18-24(29-25)20-9-8-10-21(17-20)27(35)31-38(3,36)37/h8-10,17-19,23,29H,4-7,11-16H2,1-3H3,(H,30,34)(H,31,35)/q+1/t23-/m0/s1. The van der Waals surface area contributed by atoms with Gasteiger partial charge in [-0.15, -0.1) is 0 Å². The number of Topliss-reactive ketones (excluding diaryl/α,β-unsaturated/α-hetero) is 1. The van der Waals surface area contributed by atoms with Crippen LogP contribution in [0.1, 0.15) is 74.2 Å². The van der Waals surface area contributed by atoms with E-state index in [-0.39, 0.29) is 29.2 Å². The lowest BCUT2D eigenvalue weighted by Crippen LogP contribution is -2.49. The molecule has 2 aliphatic heterocycles. The molecule has 3 N–H and O–H groups in total. The predicted molar refractivity (Wildman–Crippen MR) is 148 cm³/mol. The number of ketones is 1. The Morgan fingerprint density at radius 2 is 1.89 bits per heavy atom. The first-order valence-corrected chi connectivity index (χ1v) is 15.1. The van der Waals surface area contributed by atoms with Gasteiger partial charge in [-0.2, -0.15) is 0 Å². The molecule has 10 nitrogen and oxygen atoms in total. The molecule has 3 rings (SSSR count). The average Bonchev–Trinajstić information content (AvgIpc) is 3.37. The molecular formula is C27H39N5O5S+. The van der Waals surface area contributed by atoms with Gasteiger partial charge in [-0.3, -0.25) is 14.4 Å². The number of nitrogens with zero attached hydrogens (tertiary/aromatic N) is 2. The molecule has 2 heterocycles. The van der Waals surface area contributed by atoms with Gasteiger partial charge in [0.15, 0.2) is 11.9 Å². The zero-order chi connectivity index (χ0) is 27.7. The molecule has 11 heteroatoms. The van der Waals surface area contributed by atoms with Crippen molar-refractivity contribution in [2.45, 2.75) is 64.3 Å². The minimum Gasteiger partial charge on any atom is -0.342 e. The van der Waals surface area contributed by atoms with E-state index < -0.39 is 15.9 Å². The molecule has 0 bridgehead atoms. The van der Waals surface area contributed by atoms with Crippen molar-refractivity contribution in [3.05, 3.63) is 41.6 Å². The molecule has 2 aliphatic rings. The Kier molecular flexibility index (Phi) is 10.6. The molecule has 1 aromatic carbocycles. The van der Waals surface area contributed by atoms with Crippen molar-refractivity contribution in [2.75, 3.05) is 26.4 Å². The highest BCUT2D eigenvalue weighted by atomic mass is 32.2. The molecular weight excluding hydrogens is 506 g/mol. The second-order valence-corrected chi connectivity index (χ2v) is 11.8. The summed E-state index contributed by atoms with van der Waals surface area (Å²) in [6.45, 7) is 3.66. The number of nitrogens with one attached hydrogen (secondary N) is 3. The Balaban J connectivity index is 1.65. The van der Waals surface area contributed by atoms with Gasteiger partial charge >= 0.3 is 5.84 Å². The lowest BCUT2D eigenvalue weighted by atomic mass is 9.95. The van der Waals surface area contributed by atoms with Crippen LogP contribution in [0.3, 0.4) is 0 Å². The lowest BCUT2D eigenvalue weighted by Gasteiger charge is -2.29. The highest BCUT2D eigenvalue weighted by molar-refractivity contribution is 7.89. The number of carbonyl (C=O) groups is 3. The van der Waals surface area contributed by atoms with E-state index in [0.717, 1.165) is 51.4 Å². The summed E-state index contributed by atoms with van der Waals surface area (Å²) in [6, 6.07) is 6.29. The molecule has 2 amide bonds. The predicted octanol–water partition coefficient (Wildman–Crippen LogP) is 1.77. The zero-order valence-corrected chi connectivity index (χ0v) is 23.3. The fraction of sp³-hybridized carbons (Fsp3) is 0.556. The van der Waals surface area contributed by atoms with Crippen LogP contribution in [-0.2, 0) is 19.6 Å². The summed E-state index contributed by atoms with van der Waals surface area (Å²) in [5, 5.41) is 6.49. The highest BCUT2D eigenvalue weighted by Gasteiger charge is 2.33. The number of amides is 2. The quantitative estimate of drug-likeness (QED) is 0.321. The van der Waals surface area contributed by atoms with Gasteiger partial charge in [-0.25, -0.2) is 18.5 Å². The van der Waals surface area contributed by atoms with Gasteiger partial charge in [0.2, 0.25) is 15.9 Å². The first-order valence-electron chi connectivity index (χ1n) is 13.2. The number of piperidine rings is 1. The van der Waals surface area contributed by atoms with Crippen LogP contribution in [0.4, 0.5) is 0 Å².